The fraction of sp³-hybridized carbons (Fsp3) is 0.545. The van der Waals surface area contributed by atoms with Crippen LogP contribution >= 0.6 is 27.3 Å². The standard InChI is InChI=1S/C11H15BrN2OS/c1-14(10-5-9(12)7-16-10)11(15)8-3-2-4-13-6-8/h5,7-8,13H,2-4,6H2,1H3. The summed E-state index contributed by atoms with van der Waals surface area (Å²) in [6, 6.07) is 1.98. The summed E-state index contributed by atoms with van der Waals surface area (Å²) < 4.78 is 1.04. The van der Waals surface area contributed by atoms with Crippen LogP contribution in [0.1, 0.15) is 12.8 Å². The Morgan fingerprint density at radius 2 is 2.50 bits per heavy atom. The highest BCUT2D eigenvalue weighted by Gasteiger charge is 2.25. The molecule has 1 aromatic heterocycles. The molecule has 1 aliphatic rings. The van der Waals surface area contributed by atoms with Gasteiger partial charge in [0.2, 0.25) is 5.91 Å². The van der Waals surface area contributed by atoms with Crippen molar-refractivity contribution in [2.75, 3.05) is 25.0 Å². The molecule has 2 heterocycles. The molecule has 0 aliphatic carbocycles. The maximum absolute atomic E-state index is 12.2. The van der Waals surface area contributed by atoms with Gasteiger partial charge in [-0.1, -0.05) is 0 Å². The second-order valence-corrected chi connectivity index (χ2v) is 5.85. The molecule has 1 atom stereocenters. The molecule has 0 aromatic carbocycles. The van der Waals surface area contributed by atoms with E-state index in [9.17, 15) is 4.79 Å². The molecular formula is C11H15BrN2OS. The van der Waals surface area contributed by atoms with Crippen molar-refractivity contribution in [2.45, 2.75) is 12.8 Å². The molecule has 5 heteroatoms. The van der Waals surface area contributed by atoms with Crippen molar-refractivity contribution < 1.29 is 4.79 Å². The summed E-state index contributed by atoms with van der Waals surface area (Å²) in [4.78, 5) is 14.0. The molecule has 1 amide bonds. The van der Waals surface area contributed by atoms with Gasteiger partial charge in [0.05, 0.1) is 10.9 Å². The Morgan fingerprint density at radius 3 is 3.06 bits per heavy atom. The van der Waals surface area contributed by atoms with E-state index in [2.05, 4.69) is 21.2 Å². The molecule has 1 fully saturated rings. The van der Waals surface area contributed by atoms with E-state index in [0.29, 0.717) is 0 Å². The van der Waals surface area contributed by atoms with Gasteiger partial charge in [-0.2, -0.15) is 0 Å². The number of hydrogen-bond acceptors (Lipinski definition) is 3. The van der Waals surface area contributed by atoms with Gasteiger partial charge in [0.1, 0.15) is 0 Å². The topological polar surface area (TPSA) is 32.3 Å². The monoisotopic (exact) mass is 302 g/mol. The third kappa shape index (κ3) is 2.64. The highest BCUT2D eigenvalue weighted by Crippen LogP contribution is 2.28. The number of carbonyl (C=O) groups is 1. The maximum Gasteiger partial charge on any atom is 0.231 e. The molecule has 0 bridgehead atoms. The van der Waals surface area contributed by atoms with E-state index in [1.54, 1.807) is 16.2 Å². The first-order chi connectivity index (χ1) is 7.68. The summed E-state index contributed by atoms with van der Waals surface area (Å²) in [7, 11) is 1.86. The predicted octanol–water partition coefficient (Wildman–Crippen LogP) is 2.47. The SMILES string of the molecule is CN(C(=O)C1CCCNC1)c1cc(Br)cs1. The van der Waals surface area contributed by atoms with Crippen LogP contribution in [0.15, 0.2) is 15.9 Å². The molecule has 0 radical (unpaired) electrons. The van der Waals surface area contributed by atoms with Gasteiger partial charge in [-0.3, -0.25) is 4.79 Å². The lowest BCUT2D eigenvalue weighted by Crippen LogP contribution is -2.41. The van der Waals surface area contributed by atoms with Crippen LogP contribution < -0.4 is 10.2 Å². The normalized spacial score (nSPS) is 20.8. The minimum atomic E-state index is 0.139. The molecule has 0 spiro atoms. The van der Waals surface area contributed by atoms with Crippen molar-refractivity contribution in [2.24, 2.45) is 5.92 Å². The van der Waals surface area contributed by atoms with Crippen molar-refractivity contribution in [3.8, 4) is 0 Å². The summed E-state index contributed by atoms with van der Waals surface area (Å²) in [5, 5.41) is 6.27. The molecule has 16 heavy (non-hydrogen) atoms. The molecule has 2 rings (SSSR count). The Balaban J connectivity index is 2.03. The van der Waals surface area contributed by atoms with Crippen molar-refractivity contribution in [3.05, 3.63) is 15.9 Å². The van der Waals surface area contributed by atoms with Gasteiger partial charge in [-0.05, 0) is 41.4 Å². The summed E-state index contributed by atoms with van der Waals surface area (Å²) in [5.41, 5.74) is 0. The Hall–Kier alpha value is -0.390. The molecule has 1 aliphatic heterocycles. The van der Waals surface area contributed by atoms with Crippen LogP contribution in [0.4, 0.5) is 5.00 Å². The molecule has 1 aromatic rings. The number of thiophene rings is 1. The van der Waals surface area contributed by atoms with E-state index in [0.717, 1.165) is 35.4 Å². The molecule has 1 N–H and O–H groups in total. The third-order valence-electron chi connectivity index (χ3n) is 2.86. The number of nitrogens with zero attached hydrogens (tertiary/aromatic N) is 1. The first-order valence-corrected chi connectivity index (χ1v) is 7.08. The van der Waals surface area contributed by atoms with Crippen molar-refractivity contribution in [1.82, 2.24) is 5.32 Å². The Morgan fingerprint density at radius 1 is 1.69 bits per heavy atom. The van der Waals surface area contributed by atoms with Crippen LogP contribution in [0.25, 0.3) is 0 Å². The van der Waals surface area contributed by atoms with Crippen molar-refractivity contribution in [3.63, 3.8) is 0 Å². The van der Waals surface area contributed by atoms with E-state index in [-0.39, 0.29) is 11.8 Å². The number of anilines is 1. The van der Waals surface area contributed by atoms with E-state index >= 15 is 0 Å². The molecule has 1 unspecified atom stereocenters. The Labute approximate surface area is 108 Å². The summed E-state index contributed by atoms with van der Waals surface area (Å²) >= 11 is 4.99. The van der Waals surface area contributed by atoms with Gasteiger partial charge in [0, 0.05) is 23.4 Å². The molecule has 0 saturated carbocycles. The predicted molar refractivity (Wildman–Crippen MR) is 71.0 cm³/mol. The smallest absolute Gasteiger partial charge is 0.231 e. The van der Waals surface area contributed by atoms with Gasteiger partial charge in [0.25, 0.3) is 0 Å². The van der Waals surface area contributed by atoms with Gasteiger partial charge < -0.3 is 10.2 Å². The first-order valence-electron chi connectivity index (χ1n) is 5.41. The number of halogens is 1. The largest absolute Gasteiger partial charge is 0.316 e. The lowest BCUT2D eigenvalue weighted by Gasteiger charge is -2.26. The quantitative estimate of drug-likeness (QED) is 0.910. The highest BCUT2D eigenvalue weighted by atomic mass is 79.9. The zero-order chi connectivity index (χ0) is 11.5. The number of piperidine rings is 1. The average molecular weight is 303 g/mol. The lowest BCUT2D eigenvalue weighted by molar-refractivity contribution is -0.122. The van der Waals surface area contributed by atoms with Crippen LogP contribution in [0.3, 0.4) is 0 Å². The molecular weight excluding hydrogens is 288 g/mol. The second kappa shape index (κ2) is 5.29. The van der Waals surface area contributed by atoms with E-state index in [1.165, 1.54) is 0 Å². The summed E-state index contributed by atoms with van der Waals surface area (Å²) in [5.74, 6) is 0.362. The van der Waals surface area contributed by atoms with Crippen molar-refractivity contribution in [1.29, 1.82) is 0 Å². The zero-order valence-corrected chi connectivity index (χ0v) is 11.6. The molecule has 88 valence electrons. The Kier molecular flexibility index (Phi) is 4.00. The number of carbonyl (C=O) groups excluding carboxylic acids is 1. The fourth-order valence-electron chi connectivity index (χ4n) is 1.92. The average Bonchev–Trinajstić information content (AvgIpc) is 2.75. The van der Waals surface area contributed by atoms with E-state index < -0.39 is 0 Å². The van der Waals surface area contributed by atoms with E-state index in [1.807, 2.05) is 18.5 Å². The van der Waals surface area contributed by atoms with Gasteiger partial charge in [-0.15, -0.1) is 11.3 Å². The van der Waals surface area contributed by atoms with Gasteiger partial charge >= 0.3 is 0 Å². The van der Waals surface area contributed by atoms with Crippen molar-refractivity contribution >= 4 is 38.2 Å². The minimum absolute atomic E-state index is 0.139. The third-order valence-corrected chi connectivity index (χ3v) is 4.63. The number of rotatable bonds is 2. The minimum Gasteiger partial charge on any atom is -0.316 e. The first kappa shape index (κ1) is 12.1. The van der Waals surface area contributed by atoms with Gasteiger partial charge in [0.15, 0.2) is 0 Å². The van der Waals surface area contributed by atoms with E-state index in [4.69, 9.17) is 0 Å². The second-order valence-electron chi connectivity index (χ2n) is 4.04. The number of amides is 1. The molecule has 3 nitrogen and oxygen atoms in total. The van der Waals surface area contributed by atoms with Gasteiger partial charge in [-0.25, -0.2) is 0 Å². The summed E-state index contributed by atoms with van der Waals surface area (Å²) in [6.07, 6.45) is 2.10. The van der Waals surface area contributed by atoms with Crippen LogP contribution in [-0.2, 0) is 4.79 Å². The highest BCUT2D eigenvalue weighted by molar-refractivity contribution is 9.10. The summed E-state index contributed by atoms with van der Waals surface area (Å²) in [6.45, 7) is 1.85. The van der Waals surface area contributed by atoms with Crippen LogP contribution in [0.5, 0.6) is 0 Å². The fourth-order valence-corrected chi connectivity index (χ4v) is 3.32. The van der Waals surface area contributed by atoms with Crippen LogP contribution in [-0.4, -0.2) is 26.0 Å². The number of nitrogens with one attached hydrogen (secondary N) is 1. The lowest BCUT2D eigenvalue weighted by atomic mass is 9.98. The maximum atomic E-state index is 12.2. The zero-order valence-electron chi connectivity index (χ0n) is 9.20. The van der Waals surface area contributed by atoms with Crippen LogP contribution in [0, 0.1) is 5.92 Å². The molecule has 1 saturated heterocycles. The number of hydrogen-bond donors (Lipinski definition) is 1. The van der Waals surface area contributed by atoms with Crippen LogP contribution in [0.2, 0.25) is 0 Å². The Bertz CT molecular complexity index is 374.